The zero-order valence-corrected chi connectivity index (χ0v) is 22.1. The molecule has 4 aromatic rings. The number of esters is 1. The van der Waals surface area contributed by atoms with E-state index in [2.05, 4.69) is 0 Å². The minimum absolute atomic E-state index is 0.0338. The summed E-state index contributed by atoms with van der Waals surface area (Å²) in [5.41, 5.74) is -0.363. The van der Waals surface area contributed by atoms with Crippen molar-refractivity contribution in [3.63, 3.8) is 0 Å². The fourth-order valence-corrected chi connectivity index (χ4v) is 4.51. The molecule has 13 nitrogen and oxygen atoms in total. The van der Waals surface area contributed by atoms with Gasteiger partial charge in [-0.3, -0.25) is 4.79 Å². The minimum atomic E-state index is -1.92. The van der Waals surface area contributed by atoms with E-state index < -0.39 is 66.0 Å². The number of rotatable bonds is 7. The first-order valence-electron chi connectivity index (χ1n) is 12.8. The number of aliphatic hydroxyl groups excluding tert-OH is 3. The maximum atomic E-state index is 13.5. The molecule has 1 aliphatic rings. The van der Waals surface area contributed by atoms with Crippen LogP contribution in [0.2, 0.25) is 0 Å². The molecule has 1 aromatic heterocycles. The standard InChI is InChI=1S/C30H26O13/c31-13-21-28(42-22(36)10-3-14-1-6-16(32)7-2-14)25(38)26(39)30(41-21)43-29-24(37)23-19(35)11-18(34)12-20(23)40-27(29)15-4-8-17(33)9-5-15/h1-12,21,25-26,28,30-35,38-39H,13H2/b10-3+/t21?,25-,26?,28-,30+/m1/s1. The van der Waals surface area contributed by atoms with Gasteiger partial charge in [0.2, 0.25) is 17.5 Å². The van der Waals surface area contributed by atoms with Crippen LogP contribution in [0.15, 0.2) is 76.0 Å². The van der Waals surface area contributed by atoms with Gasteiger partial charge in [-0.15, -0.1) is 0 Å². The second-order valence-electron chi connectivity index (χ2n) is 9.63. The third kappa shape index (κ3) is 6.10. The van der Waals surface area contributed by atoms with Crippen LogP contribution in [-0.2, 0) is 14.3 Å². The van der Waals surface area contributed by atoms with Crippen molar-refractivity contribution in [2.45, 2.75) is 30.7 Å². The number of aliphatic hydroxyl groups is 3. The van der Waals surface area contributed by atoms with Crippen molar-refractivity contribution in [3.8, 4) is 40.1 Å². The maximum absolute atomic E-state index is 13.5. The lowest BCUT2D eigenvalue weighted by atomic mass is 9.99. The number of fused-ring (bicyclic) bond motifs is 1. The maximum Gasteiger partial charge on any atom is 0.331 e. The van der Waals surface area contributed by atoms with Gasteiger partial charge in [-0.1, -0.05) is 12.1 Å². The fourth-order valence-electron chi connectivity index (χ4n) is 4.51. The van der Waals surface area contributed by atoms with Crippen molar-refractivity contribution in [2.24, 2.45) is 0 Å². The minimum Gasteiger partial charge on any atom is -0.508 e. The van der Waals surface area contributed by atoms with Gasteiger partial charge < -0.3 is 54.4 Å². The Balaban J connectivity index is 1.44. The van der Waals surface area contributed by atoms with Gasteiger partial charge in [0.25, 0.3) is 0 Å². The number of hydrogen-bond donors (Lipinski definition) is 7. The summed E-state index contributed by atoms with van der Waals surface area (Å²) in [5.74, 6) is -2.82. The Morgan fingerprint density at radius 2 is 1.53 bits per heavy atom. The molecule has 5 rings (SSSR count). The first-order chi connectivity index (χ1) is 20.5. The first kappa shape index (κ1) is 29.4. The molecule has 1 aliphatic heterocycles. The highest BCUT2D eigenvalue weighted by Gasteiger charge is 2.48. The molecule has 0 bridgehead atoms. The van der Waals surface area contributed by atoms with E-state index in [1.54, 1.807) is 0 Å². The van der Waals surface area contributed by atoms with Gasteiger partial charge in [-0.05, 0) is 48.0 Å². The summed E-state index contributed by atoms with van der Waals surface area (Å²) < 4.78 is 22.4. The van der Waals surface area contributed by atoms with E-state index in [1.165, 1.54) is 54.6 Å². The molecule has 43 heavy (non-hydrogen) atoms. The van der Waals surface area contributed by atoms with E-state index in [4.69, 9.17) is 18.6 Å². The number of ether oxygens (including phenoxy) is 3. The number of carbonyl (C=O) groups is 1. The summed E-state index contributed by atoms with van der Waals surface area (Å²) in [7, 11) is 0. The number of aromatic hydroxyl groups is 4. The van der Waals surface area contributed by atoms with E-state index in [0.717, 1.165) is 18.2 Å². The quantitative estimate of drug-likeness (QED) is 0.120. The van der Waals surface area contributed by atoms with Gasteiger partial charge in [0.1, 0.15) is 52.3 Å². The largest absolute Gasteiger partial charge is 0.508 e. The van der Waals surface area contributed by atoms with Crippen molar-refractivity contribution in [1.82, 2.24) is 0 Å². The third-order valence-corrected chi connectivity index (χ3v) is 6.66. The summed E-state index contributed by atoms with van der Waals surface area (Å²) in [6, 6.07) is 13.3. The topological polar surface area (TPSA) is 217 Å². The average Bonchev–Trinajstić information content (AvgIpc) is 2.97. The first-order valence-corrected chi connectivity index (χ1v) is 12.8. The van der Waals surface area contributed by atoms with E-state index in [9.17, 15) is 45.3 Å². The molecule has 2 heterocycles. The van der Waals surface area contributed by atoms with Gasteiger partial charge in [-0.2, -0.15) is 0 Å². The Labute approximate surface area is 242 Å². The van der Waals surface area contributed by atoms with Crippen LogP contribution in [0.1, 0.15) is 5.56 Å². The molecular weight excluding hydrogens is 568 g/mol. The highest BCUT2D eigenvalue weighted by atomic mass is 16.7. The third-order valence-electron chi connectivity index (χ3n) is 6.66. The van der Waals surface area contributed by atoms with Crippen molar-refractivity contribution < 1.29 is 59.2 Å². The van der Waals surface area contributed by atoms with Crippen LogP contribution in [0.4, 0.5) is 0 Å². The molecule has 1 saturated heterocycles. The summed E-state index contributed by atoms with van der Waals surface area (Å²) in [5, 5.41) is 70.6. The predicted octanol–water partition coefficient (Wildman–Crippen LogP) is 1.73. The van der Waals surface area contributed by atoms with Gasteiger partial charge in [-0.25, -0.2) is 4.79 Å². The molecule has 224 valence electrons. The van der Waals surface area contributed by atoms with Crippen molar-refractivity contribution >= 4 is 23.0 Å². The Morgan fingerprint density at radius 1 is 0.884 bits per heavy atom. The Kier molecular flexibility index (Phi) is 8.23. The van der Waals surface area contributed by atoms with Crippen LogP contribution in [-0.4, -0.2) is 79.0 Å². The lowest BCUT2D eigenvalue weighted by Crippen LogP contribution is -2.61. The molecule has 0 amide bonds. The zero-order valence-electron chi connectivity index (χ0n) is 22.1. The smallest absolute Gasteiger partial charge is 0.331 e. The second kappa shape index (κ2) is 12.0. The number of phenolic OH excluding ortho intramolecular Hbond substituents is 4. The highest BCUT2D eigenvalue weighted by Crippen LogP contribution is 2.37. The normalized spacial score (nSPS) is 22.1. The molecule has 0 spiro atoms. The predicted molar refractivity (Wildman–Crippen MR) is 148 cm³/mol. The van der Waals surface area contributed by atoms with Crippen LogP contribution in [0.5, 0.6) is 28.7 Å². The number of benzene rings is 3. The summed E-state index contributed by atoms with van der Waals surface area (Å²) in [4.78, 5) is 26.0. The lowest BCUT2D eigenvalue weighted by Gasteiger charge is -2.41. The Morgan fingerprint density at radius 3 is 2.19 bits per heavy atom. The summed E-state index contributed by atoms with van der Waals surface area (Å²) in [6.45, 7) is -0.791. The van der Waals surface area contributed by atoms with Gasteiger partial charge >= 0.3 is 5.97 Å². The van der Waals surface area contributed by atoms with Gasteiger partial charge in [0, 0.05) is 23.8 Å². The molecule has 0 radical (unpaired) electrons. The number of phenols is 4. The lowest BCUT2D eigenvalue weighted by molar-refractivity contribution is -0.280. The zero-order chi connectivity index (χ0) is 30.8. The molecule has 7 N–H and O–H groups in total. The van der Waals surface area contributed by atoms with Crippen LogP contribution in [0, 0.1) is 0 Å². The van der Waals surface area contributed by atoms with Crippen LogP contribution in [0.3, 0.4) is 0 Å². The monoisotopic (exact) mass is 594 g/mol. The van der Waals surface area contributed by atoms with Crippen molar-refractivity contribution in [1.29, 1.82) is 0 Å². The van der Waals surface area contributed by atoms with E-state index >= 15 is 0 Å². The molecule has 0 saturated carbocycles. The number of hydrogen-bond acceptors (Lipinski definition) is 13. The Hall–Kier alpha value is -5.08. The fraction of sp³-hybridized carbons (Fsp3) is 0.200. The molecular formula is C30H26O13. The van der Waals surface area contributed by atoms with Crippen LogP contribution in [0.25, 0.3) is 28.4 Å². The van der Waals surface area contributed by atoms with Crippen LogP contribution < -0.4 is 10.2 Å². The van der Waals surface area contributed by atoms with E-state index in [-0.39, 0.29) is 33.8 Å². The molecule has 0 aliphatic carbocycles. The molecule has 5 atom stereocenters. The van der Waals surface area contributed by atoms with Crippen LogP contribution >= 0.6 is 0 Å². The van der Waals surface area contributed by atoms with Gasteiger partial charge in [0.15, 0.2) is 11.9 Å². The molecule has 1 fully saturated rings. The second-order valence-corrected chi connectivity index (χ2v) is 9.63. The van der Waals surface area contributed by atoms with Gasteiger partial charge in [0.05, 0.1) is 6.61 Å². The van der Waals surface area contributed by atoms with Crippen molar-refractivity contribution in [2.75, 3.05) is 6.61 Å². The highest BCUT2D eigenvalue weighted by molar-refractivity contribution is 5.88. The van der Waals surface area contributed by atoms with E-state index in [0.29, 0.717) is 5.56 Å². The van der Waals surface area contributed by atoms with Crippen molar-refractivity contribution in [3.05, 3.63) is 82.5 Å². The summed E-state index contributed by atoms with van der Waals surface area (Å²) >= 11 is 0. The summed E-state index contributed by atoms with van der Waals surface area (Å²) in [6.07, 6.45) is -6.11. The Bertz CT molecular complexity index is 1710. The molecule has 2 unspecified atom stereocenters. The SMILES string of the molecule is O=C(/C=C/c1ccc(O)cc1)O[C@@H]1C(CO)O[C@@H](Oc2c(-c3ccc(O)cc3)oc3cc(O)cc(O)c3c2=O)C(O)[C@H]1O. The molecule has 13 heteroatoms. The number of carbonyl (C=O) groups excluding carboxylic acids is 1. The van der Waals surface area contributed by atoms with E-state index in [1.807, 2.05) is 0 Å². The average molecular weight is 595 g/mol. The molecule has 3 aromatic carbocycles.